The van der Waals surface area contributed by atoms with E-state index < -0.39 is 5.92 Å². The summed E-state index contributed by atoms with van der Waals surface area (Å²) in [6.07, 6.45) is 0. The number of nitriles is 1. The van der Waals surface area contributed by atoms with Gasteiger partial charge in [0, 0.05) is 21.4 Å². The summed E-state index contributed by atoms with van der Waals surface area (Å²) in [4.78, 5) is 0. The quantitative estimate of drug-likeness (QED) is 0.682. The number of fused-ring (bicyclic) bond motifs is 3. The maximum absolute atomic E-state index is 9.61. The van der Waals surface area contributed by atoms with Crippen molar-refractivity contribution in [2.45, 2.75) is 5.92 Å². The molecule has 25 heavy (non-hydrogen) atoms. The largest absolute Gasteiger partial charge is 0.508 e. The first-order valence-electron chi connectivity index (χ1n) is 7.68. The van der Waals surface area contributed by atoms with Crippen LogP contribution in [0.25, 0.3) is 10.8 Å². The van der Waals surface area contributed by atoms with E-state index in [1.165, 1.54) is 0 Å². The summed E-state index contributed by atoms with van der Waals surface area (Å²) in [7, 11) is 0. The molecule has 0 aliphatic carbocycles. The van der Waals surface area contributed by atoms with E-state index in [0.717, 1.165) is 21.9 Å². The van der Waals surface area contributed by atoms with Crippen LogP contribution < -0.4 is 10.5 Å². The lowest BCUT2D eigenvalue weighted by Gasteiger charge is -2.28. The number of halogens is 1. The van der Waals surface area contributed by atoms with E-state index in [0.29, 0.717) is 16.3 Å². The Labute approximate surface area is 149 Å². The lowest BCUT2D eigenvalue weighted by atomic mass is 9.82. The van der Waals surface area contributed by atoms with Gasteiger partial charge in [-0.2, -0.15) is 5.26 Å². The highest BCUT2D eigenvalue weighted by Gasteiger charge is 2.32. The predicted molar refractivity (Wildman–Crippen MR) is 96.4 cm³/mol. The molecule has 0 saturated heterocycles. The molecule has 4 rings (SSSR count). The van der Waals surface area contributed by atoms with Crippen molar-refractivity contribution in [3.05, 3.63) is 82.2 Å². The molecule has 1 aliphatic heterocycles. The summed E-state index contributed by atoms with van der Waals surface area (Å²) in [5, 5.41) is 21.5. The minimum atomic E-state index is -0.406. The van der Waals surface area contributed by atoms with Crippen molar-refractivity contribution in [3.8, 4) is 17.6 Å². The van der Waals surface area contributed by atoms with E-state index in [-0.39, 0.29) is 11.6 Å². The fourth-order valence-corrected chi connectivity index (χ4v) is 3.53. The van der Waals surface area contributed by atoms with Gasteiger partial charge in [-0.1, -0.05) is 48.0 Å². The number of phenolic OH excluding ortho intramolecular Hbond substituents is 1. The number of phenols is 1. The SMILES string of the molecule is N#CC1=C(N)Oc2c(cc(Cl)c3ccccc23)C1c1ccc(O)cc1. The van der Waals surface area contributed by atoms with Gasteiger partial charge in [-0.05, 0) is 23.8 Å². The molecular weight excluding hydrogens is 336 g/mol. The van der Waals surface area contributed by atoms with Gasteiger partial charge in [0.05, 0.1) is 5.92 Å². The Morgan fingerprint density at radius 1 is 1.08 bits per heavy atom. The van der Waals surface area contributed by atoms with Crippen LogP contribution in [0, 0.1) is 11.3 Å². The van der Waals surface area contributed by atoms with Crippen LogP contribution in [-0.4, -0.2) is 5.11 Å². The Balaban J connectivity index is 2.04. The summed E-state index contributed by atoms with van der Waals surface area (Å²) < 4.78 is 5.81. The summed E-state index contributed by atoms with van der Waals surface area (Å²) >= 11 is 6.47. The Morgan fingerprint density at radius 3 is 2.44 bits per heavy atom. The van der Waals surface area contributed by atoms with Crippen LogP contribution in [0.4, 0.5) is 0 Å². The maximum Gasteiger partial charge on any atom is 0.205 e. The highest BCUT2D eigenvalue weighted by Crippen LogP contribution is 2.47. The van der Waals surface area contributed by atoms with Crippen molar-refractivity contribution < 1.29 is 9.84 Å². The smallest absolute Gasteiger partial charge is 0.205 e. The fourth-order valence-electron chi connectivity index (χ4n) is 3.25. The Bertz CT molecular complexity index is 1070. The molecule has 1 heterocycles. The van der Waals surface area contributed by atoms with Gasteiger partial charge in [0.2, 0.25) is 5.88 Å². The van der Waals surface area contributed by atoms with Crippen LogP contribution in [0.2, 0.25) is 5.02 Å². The number of benzene rings is 3. The molecule has 5 heteroatoms. The third-order valence-corrected chi connectivity index (χ3v) is 4.71. The van der Waals surface area contributed by atoms with Crippen LogP contribution in [0.5, 0.6) is 11.5 Å². The van der Waals surface area contributed by atoms with Gasteiger partial charge in [-0.15, -0.1) is 0 Å². The van der Waals surface area contributed by atoms with Gasteiger partial charge >= 0.3 is 0 Å². The van der Waals surface area contributed by atoms with Crippen molar-refractivity contribution >= 4 is 22.4 Å². The minimum Gasteiger partial charge on any atom is -0.508 e. The summed E-state index contributed by atoms with van der Waals surface area (Å²) in [5.74, 6) is 0.439. The molecule has 0 spiro atoms. The third kappa shape index (κ3) is 2.37. The van der Waals surface area contributed by atoms with Crippen LogP contribution in [0.3, 0.4) is 0 Å². The van der Waals surface area contributed by atoms with E-state index in [4.69, 9.17) is 22.1 Å². The highest BCUT2D eigenvalue weighted by molar-refractivity contribution is 6.36. The van der Waals surface area contributed by atoms with Crippen LogP contribution in [-0.2, 0) is 0 Å². The van der Waals surface area contributed by atoms with Gasteiger partial charge in [0.15, 0.2) is 0 Å². The van der Waals surface area contributed by atoms with Gasteiger partial charge in [-0.3, -0.25) is 0 Å². The molecule has 1 atom stereocenters. The molecule has 0 saturated carbocycles. The molecule has 122 valence electrons. The number of ether oxygens (including phenoxy) is 1. The van der Waals surface area contributed by atoms with Crippen LogP contribution in [0.1, 0.15) is 17.0 Å². The zero-order valence-electron chi connectivity index (χ0n) is 13.0. The summed E-state index contributed by atoms with van der Waals surface area (Å²) in [5.41, 5.74) is 7.97. The van der Waals surface area contributed by atoms with Crippen LogP contribution >= 0.6 is 11.6 Å². The molecule has 1 aliphatic rings. The van der Waals surface area contributed by atoms with E-state index in [9.17, 15) is 10.4 Å². The summed E-state index contributed by atoms with van der Waals surface area (Å²) in [6, 6.07) is 18.3. The van der Waals surface area contributed by atoms with E-state index in [1.54, 1.807) is 24.3 Å². The maximum atomic E-state index is 9.61. The standard InChI is InChI=1S/C20H13ClN2O2/c21-17-9-15-18(11-5-7-12(24)8-6-11)16(10-22)20(23)25-19(15)14-4-2-1-3-13(14)17/h1-9,18,24H,23H2. The molecule has 3 aromatic rings. The monoisotopic (exact) mass is 348 g/mol. The number of aromatic hydroxyl groups is 1. The minimum absolute atomic E-state index is 0.0838. The van der Waals surface area contributed by atoms with Gasteiger partial charge in [-0.25, -0.2) is 0 Å². The van der Waals surface area contributed by atoms with E-state index >= 15 is 0 Å². The molecule has 3 aromatic carbocycles. The van der Waals surface area contributed by atoms with Gasteiger partial charge in [0.1, 0.15) is 23.1 Å². The first-order chi connectivity index (χ1) is 12.1. The fraction of sp³-hybridized carbons (Fsp3) is 0.0500. The van der Waals surface area contributed by atoms with Gasteiger partial charge < -0.3 is 15.6 Å². The first-order valence-corrected chi connectivity index (χ1v) is 8.05. The third-order valence-electron chi connectivity index (χ3n) is 4.40. The predicted octanol–water partition coefficient (Wildman–Crippen LogP) is 4.42. The molecule has 0 bridgehead atoms. The van der Waals surface area contributed by atoms with Crippen molar-refractivity contribution in [2.24, 2.45) is 5.73 Å². The van der Waals surface area contributed by atoms with E-state index in [1.807, 2.05) is 30.3 Å². The second-order valence-corrected chi connectivity index (χ2v) is 6.25. The number of hydrogen-bond acceptors (Lipinski definition) is 4. The molecule has 0 aromatic heterocycles. The molecule has 0 fully saturated rings. The zero-order valence-corrected chi connectivity index (χ0v) is 13.8. The van der Waals surface area contributed by atoms with E-state index in [2.05, 4.69) is 6.07 Å². The number of allylic oxidation sites excluding steroid dienone is 1. The molecular formula is C20H13ClN2O2. The van der Waals surface area contributed by atoms with Crippen molar-refractivity contribution in [3.63, 3.8) is 0 Å². The second kappa shape index (κ2) is 5.73. The number of hydrogen-bond donors (Lipinski definition) is 2. The number of rotatable bonds is 1. The van der Waals surface area contributed by atoms with Crippen molar-refractivity contribution in [2.75, 3.05) is 0 Å². The lowest BCUT2D eigenvalue weighted by Crippen LogP contribution is -2.21. The first kappa shape index (κ1) is 15.4. The average Bonchev–Trinajstić information content (AvgIpc) is 2.63. The number of nitrogens with zero attached hydrogens (tertiary/aromatic N) is 1. The Hall–Kier alpha value is -3.16. The normalized spacial score (nSPS) is 16.2. The zero-order chi connectivity index (χ0) is 17.6. The number of nitrogens with two attached hydrogens (primary N) is 1. The highest BCUT2D eigenvalue weighted by atomic mass is 35.5. The summed E-state index contributed by atoms with van der Waals surface area (Å²) in [6.45, 7) is 0. The second-order valence-electron chi connectivity index (χ2n) is 5.84. The molecule has 3 N–H and O–H groups in total. The van der Waals surface area contributed by atoms with Crippen molar-refractivity contribution in [1.82, 2.24) is 0 Å². The van der Waals surface area contributed by atoms with Crippen molar-refractivity contribution in [1.29, 1.82) is 5.26 Å². The lowest BCUT2D eigenvalue weighted by molar-refractivity contribution is 0.398. The average molecular weight is 349 g/mol. The Morgan fingerprint density at radius 2 is 1.76 bits per heavy atom. The molecule has 1 unspecified atom stereocenters. The molecule has 0 amide bonds. The topological polar surface area (TPSA) is 79.3 Å². The van der Waals surface area contributed by atoms with Gasteiger partial charge in [0.25, 0.3) is 0 Å². The van der Waals surface area contributed by atoms with Crippen LogP contribution in [0.15, 0.2) is 66.1 Å². The Kier molecular flexibility index (Phi) is 3.52. The molecule has 4 nitrogen and oxygen atoms in total. The molecule has 0 radical (unpaired) electrons.